The minimum Gasteiger partial charge on any atom is -0.320 e. The van der Waals surface area contributed by atoms with E-state index in [0.29, 0.717) is 5.25 Å². The molecular weight excluding hydrogens is 282 g/mol. The Morgan fingerprint density at radius 2 is 2.19 bits per heavy atom. The van der Waals surface area contributed by atoms with Gasteiger partial charge in [-0.15, -0.1) is 0 Å². The largest absolute Gasteiger partial charge is 0.322 e. The van der Waals surface area contributed by atoms with Crippen LogP contribution < -0.4 is 10.6 Å². The highest BCUT2D eigenvalue weighted by Gasteiger charge is 2.28. The van der Waals surface area contributed by atoms with Crippen LogP contribution in [0.15, 0.2) is 24.3 Å². The Labute approximate surface area is 131 Å². The molecule has 1 aromatic rings. The zero-order chi connectivity index (χ0) is 15.4. The number of nitrogens with zero attached hydrogens (tertiary/aromatic N) is 1. The van der Waals surface area contributed by atoms with Crippen molar-refractivity contribution in [3.05, 3.63) is 29.8 Å². The summed E-state index contributed by atoms with van der Waals surface area (Å²) in [6.45, 7) is 7.22. The monoisotopic (exact) mass is 307 g/mol. The van der Waals surface area contributed by atoms with E-state index in [9.17, 15) is 4.79 Å². The highest BCUT2D eigenvalue weighted by molar-refractivity contribution is 8.00. The highest BCUT2D eigenvalue weighted by atomic mass is 32.2. The van der Waals surface area contributed by atoms with Crippen LogP contribution in [0, 0.1) is 0 Å². The summed E-state index contributed by atoms with van der Waals surface area (Å²) in [6.07, 6.45) is 0. The molecule has 0 saturated carbocycles. The lowest BCUT2D eigenvalue weighted by molar-refractivity contribution is 0.194. The number of benzene rings is 1. The molecule has 1 heterocycles. The lowest BCUT2D eigenvalue weighted by Gasteiger charge is -2.37. The summed E-state index contributed by atoms with van der Waals surface area (Å²) in [4.78, 5) is 14.4. The molecule has 21 heavy (non-hydrogen) atoms. The number of amides is 2. The van der Waals surface area contributed by atoms with E-state index in [0.717, 1.165) is 18.0 Å². The van der Waals surface area contributed by atoms with E-state index in [1.165, 1.54) is 5.56 Å². The maximum absolute atomic E-state index is 12.5. The average molecular weight is 307 g/mol. The number of hydrogen-bond acceptors (Lipinski definition) is 3. The fraction of sp³-hybridized carbons (Fsp3) is 0.562. The lowest BCUT2D eigenvalue weighted by Crippen LogP contribution is -2.49. The van der Waals surface area contributed by atoms with Crippen molar-refractivity contribution in [2.45, 2.75) is 38.1 Å². The van der Waals surface area contributed by atoms with Gasteiger partial charge in [-0.25, -0.2) is 4.79 Å². The van der Waals surface area contributed by atoms with Gasteiger partial charge in [0.25, 0.3) is 0 Å². The highest BCUT2D eigenvalue weighted by Crippen LogP contribution is 2.25. The molecule has 3 unspecified atom stereocenters. The molecular formula is C16H25N3OS. The molecule has 1 aromatic carbocycles. The van der Waals surface area contributed by atoms with Crippen LogP contribution in [0.1, 0.15) is 32.4 Å². The predicted molar refractivity (Wildman–Crippen MR) is 91.0 cm³/mol. The Kier molecular flexibility index (Phi) is 5.53. The number of urea groups is 1. The second-order valence-electron chi connectivity index (χ2n) is 5.58. The van der Waals surface area contributed by atoms with E-state index >= 15 is 0 Å². The Balaban J connectivity index is 2.05. The van der Waals surface area contributed by atoms with Crippen LogP contribution >= 0.6 is 11.8 Å². The average Bonchev–Trinajstić information content (AvgIpc) is 2.49. The Morgan fingerprint density at radius 1 is 1.43 bits per heavy atom. The molecule has 1 aliphatic rings. The van der Waals surface area contributed by atoms with Crippen LogP contribution in [0.25, 0.3) is 0 Å². The molecule has 2 N–H and O–H groups in total. The molecule has 1 aliphatic heterocycles. The number of carbonyl (C=O) groups is 1. The summed E-state index contributed by atoms with van der Waals surface area (Å²) in [5.41, 5.74) is 2.03. The molecule has 0 radical (unpaired) electrons. The first kappa shape index (κ1) is 16.2. The quantitative estimate of drug-likeness (QED) is 0.900. The summed E-state index contributed by atoms with van der Waals surface area (Å²) in [5, 5.41) is 6.73. The normalized spacial score (nSPS) is 23.7. The van der Waals surface area contributed by atoms with Gasteiger partial charge in [0.15, 0.2) is 0 Å². The van der Waals surface area contributed by atoms with Gasteiger partial charge in [-0.05, 0) is 38.6 Å². The second kappa shape index (κ2) is 7.18. The zero-order valence-corrected chi connectivity index (χ0v) is 14.0. The maximum Gasteiger partial charge on any atom is 0.322 e. The van der Waals surface area contributed by atoms with Crippen LogP contribution in [-0.4, -0.2) is 41.6 Å². The van der Waals surface area contributed by atoms with Gasteiger partial charge in [-0.3, -0.25) is 0 Å². The van der Waals surface area contributed by atoms with E-state index in [1.807, 2.05) is 41.9 Å². The van der Waals surface area contributed by atoms with E-state index in [2.05, 4.69) is 37.5 Å². The third-order valence-electron chi connectivity index (χ3n) is 4.22. The number of hydrogen-bond donors (Lipinski definition) is 2. The molecule has 3 atom stereocenters. The van der Waals surface area contributed by atoms with Gasteiger partial charge in [0.1, 0.15) is 0 Å². The Hall–Kier alpha value is -1.20. The van der Waals surface area contributed by atoms with E-state index in [4.69, 9.17) is 0 Å². The number of rotatable bonds is 3. The first-order chi connectivity index (χ1) is 10.0. The smallest absolute Gasteiger partial charge is 0.320 e. The number of nitrogens with one attached hydrogen (secondary N) is 2. The van der Waals surface area contributed by atoms with Crippen molar-refractivity contribution in [1.82, 2.24) is 10.2 Å². The molecule has 1 saturated heterocycles. The lowest BCUT2D eigenvalue weighted by atomic mass is 10.1. The third kappa shape index (κ3) is 3.92. The van der Waals surface area contributed by atoms with Gasteiger partial charge in [-0.2, -0.15) is 11.8 Å². The molecule has 0 spiro atoms. The van der Waals surface area contributed by atoms with Crippen molar-refractivity contribution in [3.8, 4) is 0 Å². The number of carbonyl (C=O) groups excluding carboxylic acids is 1. The molecule has 0 aliphatic carbocycles. The second-order valence-corrected chi connectivity index (χ2v) is 7.06. The fourth-order valence-electron chi connectivity index (χ4n) is 2.47. The molecule has 1 fully saturated rings. The number of anilines is 1. The third-order valence-corrected chi connectivity index (χ3v) is 5.55. The van der Waals surface area contributed by atoms with Gasteiger partial charge in [0, 0.05) is 35.3 Å². The number of thioether (sulfide) groups is 1. The first-order valence-corrected chi connectivity index (χ1v) is 8.54. The molecule has 116 valence electrons. The summed E-state index contributed by atoms with van der Waals surface area (Å²) < 4.78 is 0. The SMILES string of the molecule is CNC(C)c1cccc(NC(=O)N2CCSC(C)C2C)c1. The van der Waals surface area contributed by atoms with Gasteiger partial charge in [0.05, 0.1) is 0 Å². The van der Waals surface area contributed by atoms with Gasteiger partial charge in [0.2, 0.25) is 0 Å². The maximum atomic E-state index is 12.5. The first-order valence-electron chi connectivity index (χ1n) is 7.49. The molecule has 5 heteroatoms. The van der Waals surface area contributed by atoms with Crippen molar-refractivity contribution in [3.63, 3.8) is 0 Å². The zero-order valence-electron chi connectivity index (χ0n) is 13.2. The molecule has 0 bridgehead atoms. The summed E-state index contributed by atoms with van der Waals surface area (Å²) >= 11 is 1.93. The molecule has 0 aromatic heterocycles. The summed E-state index contributed by atoms with van der Waals surface area (Å²) in [5.74, 6) is 1.01. The minimum atomic E-state index is 0.00362. The fourth-order valence-corrected chi connectivity index (χ4v) is 3.57. The van der Waals surface area contributed by atoms with Crippen LogP contribution in [0.5, 0.6) is 0 Å². The summed E-state index contributed by atoms with van der Waals surface area (Å²) in [7, 11) is 1.93. The van der Waals surface area contributed by atoms with E-state index < -0.39 is 0 Å². The van der Waals surface area contributed by atoms with Crippen LogP contribution in [0.4, 0.5) is 10.5 Å². The topological polar surface area (TPSA) is 44.4 Å². The van der Waals surface area contributed by atoms with Crippen molar-refractivity contribution >= 4 is 23.5 Å². The Bertz CT molecular complexity index is 494. The van der Waals surface area contributed by atoms with Crippen molar-refractivity contribution in [1.29, 1.82) is 0 Å². The van der Waals surface area contributed by atoms with Crippen molar-refractivity contribution in [2.75, 3.05) is 24.7 Å². The standard InChI is InChI=1S/C16H25N3OS/c1-11(17-4)14-6-5-7-15(10-14)18-16(20)19-8-9-21-13(3)12(19)2/h5-7,10-13,17H,8-9H2,1-4H3,(H,18,20). The van der Waals surface area contributed by atoms with Gasteiger partial charge in [-0.1, -0.05) is 19.1 Å². The van der Waals surface area contributed by atoms with Gasteiger partial charge >= 0.3 is 6.03 Å². The Morgan fingerprint density at radius 3 is 2.90 bits per heavy atom. The minimum absolute atomic E-state index is 0.00362. The van der Waals surface area contributed by atoms with E-state index in [-0.39, 0.29) is 18.1 Å². The van der Waals surface area contributed by atoms with E-state index in [1.54, 1.807) is 0 Å². The van der Waals surface area contributed by atoms with Crippen LogP contribution in [-0.2, 0) is 0 Å². The van der Waals surface area contributed by atoms with Gasteiger partial charge < -0.3 is 15.5 Å². The van der Waals surface area contributed by atoms with Crippen LogP contribution in [0.2, 0.25) is 0 Å². The molecule has 2 rings (SSSR count). The summed E-state index contributed by atoms with van der Waals surface area (Å²) in [6, 6.07) is 8.57. The van der Waals surface area contributed by atoms with Crippen LogP contribution in [0.3, 0.4) is 0 Å². The molecule has 2 amide bonds. The van der Waals surface area contributed by atoms with Crippen molar-refractivity contribution in [2.24, 2.45) is 0 Å². The van der Waals surface area contributed by atoms with Crippen molar-refractivity contribution < 1.29 is 4.79 Å². The molecule has 4 nitrogen and oxygen atoms in total. The predicted octanol–water partition coefficient (Wildman–Crippen LogP) is 3.32.